The van der Waals surface area contributed by atoms with Crippen LogP contribution in [0.4, 0.5) is 0 Å². The molecule has 1 amide bonds. The number of hydrogen-bond donors (Lipinski definition) is 2. The van der Waals surface area contributed by atoms with Gasteiger partial charge in [0.05, 0.1) is 0 Å². The second-order valence-corrected chi connectivity index (χ2v) is 6.41. The molecule has 4 heteroatoms. The molecule has 1 aliphatic carbocycles. The number of nitrogens with one attached hydrogen (secondary N) is 1. The Hall–Kier alpha value is -0.610. The highest BCUT2D eigenvalue weighted by Gasteiger charge is 2.54. The number of rotatable bonds is 2. The molecule has 3 N–H and O–H groups in total. The van der Waals surface area contributed by atoms with Crippen LogP contribution in [0.1, 0.15) is 46.0 Å². The average Bonchev–Trinajstić information content (AvgIpc) is 2.57. The van der Waals surface area contributed by atoms with E-state index < -0.39 is 5.54 Å². The normalized spacial score (nSPS) is 33.9. The Labute approximate surface area is 110 Å². The van der Waals surface area contributed by atoms with Gasteiger partial charge in [-0.15, -0.1) is 0 Å². The first-order valence-corrected chi connectivity index (χ1v) is 7.26. The van der Waals surface area contributed by atoms with Crippen LogP contribution in [0.2, 0.25) is 0 Å². The Bertz CT molecular complexity index is 308. The summed E-state index contributed by atoms with van der Waals surface area (Å²) in [5.41, 5.74) is 5.41. The Morgan fingerprint density at radius 3 is 2.50 bits per heavy atom. The minimum absolute atomic E-state index is 0.0125. The Balaban J connectivity index is 2.32. The van der Waals surface area contributed by atoms with Crippen LogP contribution in [0.25, 0.3) is 0 Å². The van der Waals surface area contributed by atoms with Crippen molar-refractivity contribution in [1.82, 2.24) is 10.2 Å². The summed E-state index contributed by atoms with van der Waals surface area (Å²) in [7, 11) is 0. The van der Waals surface area contributed by atoms with Gasteiger partial charge in [-0.25, -0.2) is 0 Å². The Morgan fingerprint density at radius 1 is 1.11 bits per heavy atom. The summed E-state index contributed by atoms with van der Waals surface area (Å²) in [5, 5.41) is 3.41. The molecule has 0 radical (unpaired) electrons. The lowest BCUT2D eigenvalue weighted by Gasteiger charge is -2.54. The molecule has 1 aliphatic heterocycles. The van der Waals surface area contributed by atoms with Crippen molar-refractivity contribution in [2.75, 3.05) is 26.2 Å². The first-order valence-electron chi connectivity index (χ1n) is 7.26. The zero-order valence-corrected chi connectivity index (χ0v) is 11.8. The lowest BCUT2D eigenvalue weighted by atomic mass is 9.61. The molecule has 2 aliphatic rings. The second kappa shape index (κ2) is 5.17. The summed E-state index contributed by atoms with van der Waals surface area (Å²) in [5.74, 6) is -0.117. The van der Waals surface area contributed by atoms with Gasteiger partial charge in [-0.05, 0) is 31.2 Å². The average molecular weight is 253 g/mol. The summed E-state index contributed by atoms with van der Waals surface area (Å²) in [6.07, 6.45) is 5.46. The van der Waals surface area contributed by atoms with Gasteiger partial charge in [0.25, 0.3) is 0 Å². The Morgan fingerprint density at radius 2 is 1.83 bits per heavy atom. The maximum Gasteiger partial charge on any atom is 0.238 e. The molecule has 1 saturated carbocycles. The van der Waals surface area contributed by atoms with E-state index in [0.29, 0.717) is 0 Å². The maximum atomic E-state index is 12.3. The van der Waals surface area contributed by atoms with Crippen LogP contribution < -0.4 is 11.1 Å². The van der Waals surface area contributed by atoms with Crippen LogP contribution in [0, 0.1) is 5.41 Å². The fraction of sp³-hybridized carbons (Fsp3) is 0.929. The highest BCUT2D eigenvalue weighted by atomic mass is 16.1. The molecule has 4 nitrogen and oxygen atoms in total. The molecular formula is C14H27N3O. The van der Waals surface area contributed by atoms with Gasteiger partial charge >= 0.3 is 0 Å². The number of primary amides is 1. The summed E-state index contributed by atoms with van der Waals surface area (Å²) in [4.78, 5) is 14.6. The van der Waals surface area contributed by atoms with Crippen LogP contribution in [0.3, 0.4) is 0 Å². The molecule has 1 unspecified atom stereocenters. The number of nitrogens with two attached hydrogens (primary N) is 1. The van der Waals surface area contributed by atoms with Crippen LogP contribution in [-0.2, 0) is 4.79 Å². The van der Waals surface area contributed by atoms with Crippen molar-refractivity contribution >= 4 is 5.91 Å². The molecule has 104 valence electrons. The third-order valence-corrected chi connectivity index (χ3v) is 5.00. The monoisotopic (exact) mass is 253 g/mol. The predicted molar refractivity (Wildman–Crippen MR) is 73.2 cm³/mol. The third-order valence-electron chi connectivity index (χ3n) is 5.00. The molecule has 0 bridgehead atoms. The smallest absolute Gasteiger partial charge is 0.238 e. The van der Waals surface area contributed by atoms with Crippen molar-refractivity contribution in [3.63, 3.8) is 0 Å². The summed E-state index contributed by atoms with van der Waals surface area (Å²) < 4.78 is 0. The van der Waals surface area contributed by atoms with Crippen molar-refractivity contribution in [3.05, 3.63) is 0 Å². The number of carbonyl (C=O) groups is 1. The number of amides is 1. The van der Waals surface area contributed by atoms with Gasteiger partial charge < -0.3 is 11.1 Å². The molecule has 0 aromatic rings. The zero-order valence-electron chi connectivity index (χ0n) is 11.8. The van der Waals surface area contributed by atoms with E-state index in [0.717, 1.165) is 51.9 Å². The van der Waals surface area contributed by atoms with Gasteiger partial charge in [-0.3, -0.25) is 9.69 Å². The number of nitrogens with zero attached hydrogens (tertiary/aromatic N) is 1. The first-order chi connectivity index (χ1) is 8.51. The van der Waals surface area contributed by atoms with Crippen LogP contribution in [0.15, 0.2) is 0 Å². The molecular weight excluding hydrogens is 226 g/mol. The predicted octanol–water partition coefficient (Wildman–Crippen LogP) is 1.11. The fourth-order valence-electron chi connectivity index (χ4n) is 3.92. The molecule has 1 atom stereocenters. The molecule has 2 fully saturated rings. The summed E-state index contributed by atoms with van der Waals surface area (Å²) in [6.45, 7) is 8.37. The van der Waals surface area contributed by atoms with E-state index in [1.54, 1.807) is 0 Å². The lowest BCUT2D eigenvalue weighted by Crippen LogP contribution is -2.67. The van der Waals surface area contributed by atoms with Crippen LogP contribution >= 0.6 is 0 Å². The number of hydrogen-bond acceptors (Lipinski definition) is 3. The quantitative estimate of drug-likeness (QED) is 0.775. The van der Waals surface area contributed by atoms with Gasteiger partial charge in [0.15, 0.2) is 0 Å². The summed E-state index contributed by atoms with van der Waals surface area (Å²) in [6, 6.07) is 0. The standard InChI is InChI=1S/C14H27N3O/c1-13(2)6-3-4-7-14(13,12(15)18)17-10-5-8-16-9-11-17/h16H,3-11H2,1-2H3,(H2,15,18). The maximum absolute atomic E-state index is 12.3. The van der Waals surface area contributed by atoms with Crippen molar-refractivity contribution in [3.8, 4) is 0 Å². The largest absolute Gasteiger partial charge is 0.368 e. The molecule has 1 saturated heterocycles. The van der Waals surface area contributed by atoms with Gasteiger partial charge in [-0.2, -0.15) is 0 Å². The van der Waals surface area contributed by atoms with E-state index >= 15 is 0 Å². The van der Waals surface area contributed by atoms with E-state index in [9.17, 15) is 4.79 Å². The van der Waals surface area contributed by atoms with Gasteiger partial charge in [-0.1, -0.05) is 26.7 Å². The molecule has 0 aromatic heterocycles. The molecule has 0 spiro atoms. The van der Waals surface area contributed by atoms with E-state index in [1.165, 1.54) is 6.42 Å². The highest BCUT2D eigenvalue weighted by Crippen LogP contribution is 2.47. The highest BCUT2D eigenvalue weighted by molar-refractivity contribution is 5.86. The molecule has 0 aromatic carbocycles. The van der Waals surface area contributed by atoms with Crippen molar-refractivity contribution in [1.29, 1.82) is 0 Å². The minimum Gasteiger partial charge on any atom is -0.368 e. The van der Waals surface area contributed by atoms with Crippen LogP contribution in [0.5, 0.6) is 0 Å². The third kappa shape index (κ3) is 2.16. The zero-order chi connectivity index (χ0) is 13.2. The first kappa shape index (κ1) is 13.8. The molecule has 1 heterocycles. The summed E-state index contributed by atoms with van der Waals surface area (Å²) >= 11 is 0. The minimum atomic E-state index is -0.433. The molecule has 18 heavy (non-hydrogen) atoms. The van der Waals surface area contributed by atoms with Gasteiger partial charge in [0.1, 0.15) is 5.54 Å². The van der Waals surface area contributed by atoms with Gasteiger partial charge in [0.2, 0.25) is 5.91 Å². The number of carbonyl (C=O) groups excluding carboxylic acids is 1. The lowest BCUT2D eigenvalue weighted by molar-refractivity contribution is -0.144. The van der Waals surface area contributed by atoms with E-state index in [-0.39, 0.29) is 11.3 Å². The molecule has 2 rings (SSSR count). The van der Waals surface area contributed by atoms with Crippen molar-refractivity contribution in [2.24, 2.45) is 11.1 Å². The van der Waals surface area contributed by atoms with Crippen LogP contribution in [-0.4, -0.2) is 42.5 Å². The van der Waals surface area contributed by atoms with E-state index in [1.807, 2.05) is 0 Å². The van der Waals surface area contributed by atoms with E-state index in [4.69, 9.17) is 5.73 Å². The van der Waals surface area contributed by atoms with Crippen molar-refractivity contribution in [2.45, 2.75) is 51.5 Å². The second-order valence-electron chi connectivity index (χ2n) is 6.41. The fourth-order valence-corrected chi connectivity index (χ4v) is 3.92. The Kier molecular flexibility index (Phi) is 3.97. The van der Waals surface area contributed by atoms with Crippen molar-refractivity contribution < 1.29 is 4.79 Å². The van der Waals surface area contributed by atoms with Gasteiger partial charge in [0, 0.05) is 19.6 Å². The van der Waals surface area contributed by atoms with E-state index in [2.05, 4.69) is 24.1 Å². The SMILES string of the molecule is CC1(C)CCCCC1(C(N)=O)N1CCCNCC1. The topological polar surface area (TPSA) is 58.4 Å².